The number of rotatable bonds is 4. The number of halogens is 1. The SMILES string of the molecule is CNc1nc([C@@H]2CCCN2C(=O)C(C)(C)c2cccc(F)c2)nc2c1CCN(C)C2. The smallest absolute Gasteiger partial charge is 0.233 e. The van der Waals surface area contributed by atoms with Crippen molar-refractivity contribution < 1.29 is 9.18 Å². The molecule has 0 spiro atoms. The molecule has 1 saturated heterocycles. The van der Waals surface area contributed by atoms with E-state index < -0.39 is 5.41 Å². The number of anilines is 1. The van der Waals surface area contributed by atoms with Crippen LogP contribution < -0.4 is 5.32 Å². The second-order valence-electron chi connectivity index (χ2n) is 8.89. The summed E-state index contributed by atoms with van der Waals surface area (Å²) in [5.41, 5.74) is 2.07. The van der Waals surface area contributed by atoms with Crippen LogP contribution in [-0.4, -0.2) is 52.9 Å². The standard InChI is InChI=1S/C23H30FN5O/c1-23(2,15-7-5-8-16(24)13-15)22(30)29-11-6-9-19(29)21-26-18-14-28(4)12-10-17(18)20(25-3)27-21/h5,7-8,13,19H,6,9-12,14H2,1-4H3,(H,25,26,27)/t19-/m0/s1. The maximum absolute atomic E-state index is 13.8. The second-order valence-corrected chi connectivity index (χ2v) is 8.89. The van der Waals surface area contributed by atoms with E-state index in [1.165, 1.54) is 17.7 Å². The third kappa shape index (κ3) is 3.67. The first-order valence-corrected chi connectivity index (χ1v) is 10.6. The van der Waals surface area contributed by atoms with Gasteiger partial charge in [-0.05, 0) is 57.9 Å². The predicted octanol–water partition coefficient (Wildman–Crippen LogP) is 3.29. The highest BCUT2D eigenvalue weighted by Crippen LogP contribution is 2.37. The third-order valence-corrected chi connectivity index (χ3v) is 6.40. The summed E-state index contributed by atoms with van der Waals surface area (Å²) in [6, 6.07) is 6.17. The number of fused-ring (bicyclic) bond motifs is 1. The Morgan fingerprint density at radius 2 is 2.07 bits per heavy atom. The van der Waals surface area contributed by atoms with Crippen LogP contribution in [0, 0.1) is 5.82 Å². The van der Waals surface area contributed by atoms with Crippen molar-refractivity contribution in [1.29, 1.82) is 0 Å². The van der Waals surface area contributed by atoms with Gasteiger partial charge in [0.05, 0.1) is 17.2 Å². The number of nitrogens with one attached hydrogen (secondary N) is 1. The van der Waals surface area contributed by atoms with E-state index in [1.54, 1.807) is 6.07 Å². The third-order valence-electron chi connectivity index (χ3n) is 6.40. The molecule has 2 aromatic rings. The summed E-state index contributed by atoms with van der Waals surface area (Å²) >= 11 is 0. The highest BCUT2D eigenvalue weighted by Gasteiger charge is 2.41. The number of likely N-dealkylation sites (N-methyl/N-ethyl adjacent to an activating group) is 1. The molecule has 6 nitrogen and oxygen atoms in total. The minimum absolute atomic E-state index is 0.0138. The molecule has 1 N–H and O–H groups in total. The van der Waals surface area contributed by atoms with Gasteiger partial charge < -0.3 is 15.1 Å². The molecule has 2 aliphatic heterocycles. The number of likely N-dealkylation sites (tertiary alicyclic amines) is 1. The number of carbonyl (C=O) groups excluding carboxylic acids is 1. The van der Waals surface area contributed by atoms with Crippen molar-refractivity contribution in [3.05, 3.63) is 52.7 Å². The first-order chi connectivity index (χ1) is 14.3. The lowest BCUT2D eigenvalue weighted by Gasteiger charge is -2.34. The minimum Gasteiger partial charge on any atom is -0.373 e. The zero-order chi connectivity index (χ0) is 21.5. The van der Waals surface area contributed by atoms with E-state index in [-0.39, 0.29) is 17.8 Å². The van der Waals surface area contributed by atoms with Gasteiger partial charge in [-0.25, -0.2) is 14.4 Å². The van der Waals surface area contributed by atoms with E-state index in [0.29, 0.717) is 17.9 Å². The van der Waals surface area contributed by atoms with Crippen LogP contribution >= 0.6 is 0 Å². The van der Waals surface area contributed by atoms with Crippen LogP contribution in [0.1, 0.15) is 55.4 Å². The lowest BCUT2D eigenvalue weighted by Crippen LogP contribution is -2.43. The summed E-state index contributed by atoms with van der Waals surface area (Å²) in [5.74, 6) is 1.23. The molecule has 0 unspecified atom stereocenters. The van der Waals surface area contributed by atoms with Crippen LogP contribution in [0.3, 0.4) is 0 Å². The summed E-state index contributed by atoms with van der Waals surface area (Å²) in [5, 5.41) is 3.23. The largest absolute Gasteiger partial charge is 0.373 e. The van der Waals surface area contributed by atoms with Crippen molar-refractivity contribution in [2.24, 2.45) is 0 Å². The van der Waals surface area contributed by atoms with Gasteiger partial charge in [-0.1, -0.05) is 12.1 Å². The number of hydrogen-bond acceptors (Lipinski definition) is 5. The average molecular weight is 412 g/mol. The molecule has 4 rings (SSSR count). The van der Waals surface area contributed by atoms with Crippen LogP contribution in [0.2, 0.25) is 0 Å². The Morgan fingerprint density at radius 1 is 1.27 bits per heavy atom. The lowest BCUT2D eigenvalue weighted by atomic mass is 9.83. The molecule has 30 heavy (non-hydrogen) atoms. The molecule has 1 amide bonds. The van der Waals surface area contributed by atoms with Crippen LogP contribution in [0.4, 0.5) is 10.2 Å². The maximum atomic E-state index is 13.8. The van der Waals surface area contributed by atoms with Gasteiger partial charge in [0.1, 0.15) is 11.6 Å². The van der Waals surface area contributed by atoms with Crippen molar-refractivity contribution >= 4 is 11.7 Å². The van der Waals surface area contributed by atoms with Crippen molar-refractivity contribution in [1.82, 2.24) is 19.8 Å². The number of amides is 1. The van der Waals surface area contributed by atoms with Crippen molar-refractivity contribution in [3.8, 4) is 0 Å². The van der Waals surface area contributed by atoms with Crippen LogP contribution in [0.15, 0.2) is 24.3 Å². The fraction of sp³-hybridized carbons (Fsp3) is 0.522. The summed E-state index contributed by atoms with van der Waals surface area (Å²) in [7, 11) is 3.98. The van der Waals surface area contributed by atoms with E-state index in [2.05, 4.69) is 17.3 Å². The Labute approximate surface area is 177 Å². The molecule has 0 aliphatic carbocycles. The van der Waals surface area contributed by atoms with Gasteiger partial charge in [-0.15, -0.1) is 0 Å². The summed E-state index contributed by atoms with van der Waals surface area (Å²) in [6.45, 7) is 6.16. The Kier molecular flexibility index (Phi) is 5.49. The summed E-state index contributed by atoms with van der Waals surface area (Å²) in [4.78, 5) is 27.5. The van der Waals surface area contributed by atoms with Crippen molar-refractivity contribution in [2.75, 3.05) is 32.5 Å². The molecule has 1 aromatic carbocycles. The monoisotopic (exact) mass is 411 g/mol. The molecule has 3 heterocycles. The Hall–Kier alpha value is -2.54. The molecule has 0 radical (unpaired) electrons. The Morgan fingerprint density at radius 3 is 2.80 bits per heavy atom. The highest BCUT2D eigenvalue weighted by molar-refractivity contribution is 5.88. The summed E-state index contributed by atoms with van der Waals surface area (Å²) in [6.07, 6.45) is 2.66. The van der Waals surface area contributed by atoms with E-state index in [0.717, 1.165) is 43.9 Å². The van der Waals surface area contributed by atoms with Crippen LogP contribution in [0.5, 0.6) is 0 Å². The quantitative estimate of drug-likeness (QED) is 0.837. The number of carbonyl (C=O) groups is 1. The minimum atomic E-state index is -0.828. The molecular weight excluding hydrogens is 381 g/mol. The number of nitrogens with zero attached hydrogens (tertiary/aromatic N) is 4. The van der Waals surface area contributed by atoms with Gasteiger partial charge in [-0.2, -0.15) is 0 Å². The molecule has 160 valence electrons. The Balaban J connectivity index is 1.67. The average Bonchev–Trinajstić information content (AvgIpc) is 3.21. The molecule has 1 atom stereocenters. The molecule has 1 fully saturated rings. The van der Waals surface area contributed by atoms with E-state index >= 15 is 0 Å². The van der Waals surface area contributed by atoms with Crippen LogP contribution in [0.25, 0.3) is 0 Å². The van der Waals surface area contributed by atoms with Gasteiger partial charge in [-0.3, -0.25) is 4.79 Å². The zero-order valence-corrected chi connectivity index (χ0v) is 18.2. The van der Waals surface area contributed by atoms with Gasteiger partial charge in [0, 0.05) is 32.2 Å². The predicted molar refractivity (Wildman–Crippen MR) is 115 cm³/mol. The van der Waals surface area contributed by atoms with Crippen molar-refractivity contribution in [2.45, 2.75) is 51.1 Å². The second kappa shape index (κ2) is 7.95. The first kappa shape index (κ1) is 20.7. The number of aromatic nitrogens is 2. The van der Waals surface area contributed by atoms with Gasteiger partial charge in [0.2, 0.25) is 5.91 Å². The van der Waals surface area contributed by atoms with Crippen molar-refractivity contribution in [3.63, 3.8) is 0 Å². The molecular formula is C23H30FN5O. The van der Waals surface area contributed by atoms with Gasteiger partial charge >= 0.3 is 0 Å². The molecule has 1 aromatic heterocycles. The normalized spacial score (nSPS) is 19.6. The number of benzene rings is 1. The van der Waals surface area contributed by atoms with E-state index in [4.69, 9.17) is 9.97 Å². The molecule has 0 saturated carbocycles. The lowest BCUT2D eigenvalue weighted by molar-refractivity contribution is -0.137. The van der Waals surface area contributed by atoms with E-state index in [9.17, 15) is 9.18 Å². The number of hydrogen-bond donors (Lipinski definition) is 1. The zero-order valence-electron chi connectivity index (χ0n) is 18.2. The van der Waals surface area contributed by atoms with Crippen LogP contribution in [-0.2, 0) is 23.2 Å². The Bertz CT molecular complexity index is 961. The molecule has 0 bridgehead atoms. The molecule has 7 heteroatoms. The topological polar surface area (TPSA) is 61.4 Å². The van der Waals surface area contributed by atoms with E-state index in [1.807, 2.05) is 31.9 Å². The van der Waals surface area contributed by atoms with Gasteiger partial charge in [0.15, 0.2) is 5.82 Å². The fourth-order valence-electron chi connectivity index (χ4n) is 4.57. The summed E-state index contributed by atoms with van der Waals surface area (Å²) < 4.78 is 13.8. The first-order valence-electron chi connectivity index (χ1n) is 10.6. The molecule has 2 aliphatic rings. The fourth-order valence-corrected chi connectivity index (χ4v) is 4.57. The maximum Gasteiger partial charge on any atom is 0.233 e. The van der Waals surface area contributed by atoms with Gasteiger partial charge in [0.25, 0.3) is 0 Å². The highest BCUT2D eigenvalue weighted by atomic mass is 19.1.